The van der Waals surface area contributed by atoms with Crippen LogP contribution in [0.1, 0.15) is 12.8 Å². The Balaban J connectivity index is 1.38. The molecule has 0 aromatic heterocycles. The zero-order chi connectivity index (χ0) is 33.7. The minimum Gasteiger partial charge on any atom is -0.422 e. The van der Waals surface area contributed by atoms with Crippen LogP contribution in [0.3, 0.4) is 0 Å². The second kappa shape index (κ2) is 14.4. The highest BCUT2D eigenvalue weighted by Crippen LogP contribution is 2.79. The van der Waals surface area contributed by atoms with E-state index >= 15 is 0 Å². The quantitative estimate of drug-likeness (QED) is 0.0887. The van der Waals surface area contributed by atoms with Crippen molar-refractivity contribution >= 4 is 23.0 Å². The highest BCUT2D eigenvalue weighted by Gasteiger charge is 2.49. The van der Waals surface area contributed by atoms with E-state index in [-0.39, 0.29) is 5.92 Å². The van der Waals surface area contributed by atoms with Crippen molar-refractivity contribution in [3.05, 3.63) is 164 Å². The number of rotatable bonds is 13. The van der Waals surface area contributed by atoms with E-state index in [1.165, 1.54) is 0 Å². The summed E-state index contributed by atoms with van der Waals surface area (Å²) in [6.07, 6.45) is 6.77. The van der Waals surface area contributed by atoms with Gasteiger partial charge in [0.25, 0.3) is 0 Å². The van der Waals surface area contributed by atoms with E-state index in [9.17, 15) is 0 Å². The third-order valence-electron chi connectivity index (χ3n) is 8.39. The Hall–Kier alpha value is -4.51. The fraction of sp³-hybridized carbons (Fsp3) is 0.158. The molecule has 12 heteroatoms. The molecule has 0 radical (unpaired) electrons. The van der Waals surface area contributed by atoms with Crippen molar-refractivity contribution in [2.24, 2.45) is 31.3 Å². The van der Waals surface area contributed by atoms with Crippen LogP contribution in [0.25, 0.3) is 0 Å². The van der Waals surface area contributed by atoms with Gasteiger partial charge in [0, 0.05) is 0 Å². The molecular weight excluding hydrogens is 687 g/mol. The lowest BCUT2D eigenvalue weighted by Gasteiger charge is -2.33. The molecule has 0 amide bonds. The van der Waals surface area contributed by atoms with Gasteiger partial charge in [-0.2, -0.15) is 0 Å². The van der Waals surface area contributed by atoms with E-state index in [1.54, 1.807) is 0 Å². The standard InChI is InChI=1S/C38H36N3O6P3/c1-6-16-34(17-7-1)43-48(42-30-33-29-31-26-27-32(33)28-31)39-49(44-35-18-8-2-9-19-35,45-36-20-10-3-11-21-36)41-50(40-48,46-37-22-12-4-13-23-37)47-38-24-14-5-15-25-38/h1-27,31-33H,28-30H2. The molecule has 2 aliphatic carbocycles. The van der Waals surface area contributed by atoms with E-state index in [2.05, 4.69) is 12.2 Å². The number of fused-ring (bicyclic) bond motifs is 2. The first-order valence-corrected chi connectivity index (χ1v) is 21.1. The van der Waals surface area contributed by atoms with Crippen LogP contribution in [0, 0.1) is 17.8 Å². The molecule has 0 saturated heterocycles. The third-order valence-corrected chi connectivity index (χ3v) is 16.5. The maximum absolute atomic E-state index is 6.97. The fourth-order valence-electron chi connectivity index (χ4n) is 6.15. The zero-order valence-corrected chi connectivity index (χ0v) is 29.8. The summed E-state index contributed by atoms with van der Waals surface area (Å²) in [5, 5.41) is 0. The molecule has 5 aromatic carbocycles. The number of allylic oxidation sites excluding steroid dienone is 2. The summed E-state index contributed by atoms with van der Waals surface area (Å²) in [7, 11) is -11.4. The van der Waals surface area contributed by atoms with E-state index in [4.69, 9.17) is 40.7 Å². The first-order chi connectivity index (χ1) is 24.6. The highest BCUT2D eigenvalue weighted by atomic mass is 31.3. The van der Waals surface area contributed by atoms with Gasteiger partial charge in [0.15, 0.2) is 0 Å². The lowest BCUT2D eigenvalue weighted by atomic mass is 9.95. The fourth-order valence-corrected chi connectivity index (χ4v) is 15.3. The van der Waals surface area contributed by atoms with Crippen LogP contribution >= 0.6 is 23.0 Å². The lowest BCUT2D eigenvalue weighted by Crippen LogP contribution is -2.16. The van der Waals surface area contributed by atoms with Crippen LogP contribution < -0.4 is 22.6 Å². The van der Waals surface area contributed by atoms with Gasteiger partial charge < -0.3 is 22.6 Å². The second-order valence-electron chi connectivity index (χ2n) is 12.1. The minimum absolute atomic E-state index is 0.279. The molecule has 50 heavy (non-hydrogen) atoms. The van der Waals surface area contributed by atoms with E-state index in [1.807, 2.05) is 152 Å². The smallest absolute Gasteiger partial charge is 0.422 e. The van der Waals surface area contributed by atoms with Gasteiger partial charge >= 0.3 is 23.0 Å². The van der Waals surface area contributed by atoms with Crippen LogP contribution in [0.15, 0.2) is 177 Å². The molecule has 1 saturated carbocycles. The molecule has 8 rings (SSSR count). The highest BCUT2D eigenvalue weighted by molar-refractivity contribution is 7.79. The third kappa shape index (κ3) is 7.62. The molecule has 0 spiro atoms. The van der Waals surface area contributed by atoms with Gasteiger partial charge in [0.2, 0.25) is 0 Å². The van der Waals surface area contributed by atoms with Crippen molar-refractivity contribution in [2.45, 2.75) is 12.8 Å². The topological polar surface area (TPSA) is 92.5 Å². The van der Waals surface area contributed by atoms with Crippen molar-refractivity contribution in [1.82, 2.24) is 0 Å². The Morgan fingerprint density at radius 3 is 1.10 bits per heavy atom. The minimum atomic E-state index is -3.82. The molecule has 4 atom stereocenters. The van der Waals surface area contributed by atoms with E-state index in [0.717, 1.165) is 12.8 Å². The summed E-state index contributed by atoms with van der Waals surface area (Å²) < 4.78 is 56.9. The average Bonchev–Trinajstić information content (AvgIpc) is 3.77. The summed E-state index contributed by atoms with van der Waals surface area (Å²) in [5.74, 6) is 3.78. The van der Waals surface area contributed by atoms with E-state index < -0.39 is 23.0 Å². The molecular formula is C38H36N3O6P3. The van der Waals surface area contributed by atoms with Crippen molar-refractivity contribution in [1.29, 1.82) is 0 Å². The largest absolute Gasteiger partial charge is 0.460 e. The van der Waals surface area contributed by atoms with Gasteiger partial charge in [-0.25, -0.2) is 0 Å². The first kappa shape index (κ1) is 32.7. The van der Waals surface area contributed by atoms with Crippen molar-refractivity contribution in [3.63, 3.8) is 0 Å². The molecule has 254 valence electrons. The summed E-state index contributed by atoms with van der Waals surface area (Å²) in [4.78, 5) is 0. The van der Waals surface area contributed by atoms with Crippen molar-refractivity contribution in [2.75, 3.05) is 6.61 Å². The van der Waals surface area contributed by atoms with Gasteiger partial charge in [-0.1, -0.05) is 108 Å². The predicted octanol–water partition coefficient (Wildman–Crippen LogP) is 12.5. The maximum Gasteiger partial charge on any atom is 0.460 e. The van der Waals surface area contributed by atoms with Crippen molar-refractivity contribution < 1.29 is 27.1 Å². The number of benzene rings is 5. The Morgan fingerprint density at radius 2 is 0.760 bits per heavy atom. The Morgan fingerprint density at radius 1 is 0.420 bits per heavy atom. The number of para-hydroxylation sites is 5. The first-order valence-electron chi connectivity index (χ1n) is 16.5. The lowest BCUT2D eigenvalue weighted by molar-refractivity contribution is 0.224. The van der Waals surface area contributed by atoms with Crippen LogP contribution in [0.5, 0.6) is 28.7 Å². The summed E-state index contributed by atoms with van der Waals surface area (Å²) in [6, 6.07) is 46.8. The SMILES string of the molecule is C1=CC2CC1CC2COP1(Oc2ccccc2)=NP(Oc2ccccc2)(Oc2ccccc2)=NP(Oc2ccccc2)(Oc2ccccc2)=N1. The normalized spacial score (nSPS) is 23.8. The number of hydrogen-bond acceptors (Lipinski definition) is 9. The Labute approximate surface area is 292 Å². The van der Waals surface area contributed by atoms with Crippen molar-refractivity contribution in [3.8, 4) is 28.7 Å². The molecule has 4 unspecified atom stereocenters. The Kier molecular flexibility index (Phi) is 9.40. The monoisotopic (exact) mass is 723 g/mol. The van der Waals surface area contributed by atoms with Gasteiger partial charge in [-0.05, 0) is 91.3 Å². The summed E-state index contributed by atoms with van der Waals surface area (Å²) in [6.45, 7) is 0.368. The van der Waals surface area contributed by atoms with Gasteiger partial charge in [-0.15, -0.1) is 9.03 Å². The number of nitrogens with zero attached hydrogens (tertiary/aromatic N) is 3. The molecule has 0 N–H and O–H groups in total. The van der Waals surface area contributed by atoms with Gasteiger partial charge in [0.05, 0.1) is 6.61 Å². The number of hydrogen-bond donors (Lipinski definition) is 0. The summed E-state index contributed by atoms with van der Waals surface area (Å²) >= 11 is 0. The zero-order valence-electron chi connectivity index (χ0n) is 27.1. The molecule has 1 heterocycles. The van der Waals surface area contributed by atoms with Crippen LogP contribution in [-0.4, -0.2) is 6.61 Å². The second-order valence-corrected chi connectivity index (χ2v) is 18.4. The molecule has 1 fully saturated rings. The van der Waals surface area contributed by atoms with Crippen LogP contribution in [0.2, 0.25) is 0 Å². The van der Waals surface area contributed by atoms with Crippen LogP contribution in [0.4, 0.5) is 0 Å². The van der Waals surface area contributed by atoms with Gasteiger partial charge in [-0.3, -0.25) is 4.52 Å². The molecule has 9 nitrogen and oxygen atoms in total. The van der Waals surface area contributed by atoms with Gasteiger partial charge in [0.1, 0.15) is 28.7 Å². The van der Waals surface area contributed by atoms with E-state index in [0.29, 0.717) is 47.2 Å². The molecule has 1 aliphatic heterocycles. The molecule has 5 aromatic rings. The summed E-state index contributed by atoms with van der Waals surface area (Å²) in [5.41, 5.74) is 0. The predicted molar refractivity (Wildman–Crippen MR) is 198 cm³/mol. The molecule has 2 bridgehead atoms. The average molecular weight is 724 g/mol. The Bertz CT molecular complexity index is 1930. The van der Waals surface area contributed by atoms with Crippen LogP contribution in [-0.2, 0) is 4.52 Å². The maximum atomic E-state index is 6.97. The molecule has 3 aliphatic rings.